The first-order valence-corrected chi connectivity index (χ1v) is 6.65. The Morgan fingerprint density at radius 3 is 2.05 bits per heavy atom. The van der Waals surface area contributed by atoms with Crippen LogP contribution in [0.3, 0.4) is 0 Å². The maximum atomic E-state index is 12.6. The van der Waals surface area contributed by atoms with Crippen LogP contribution in [-0.4, -0.2) is 18.7 Å². The number of carbonyl (C=O) groups excluding carboxylic acids is 2. The van der Waals surface area contributed by atoms with Gasteiger partial charge in [0.15, 0.2) is 17.4 Å². The Labute approximate surface area is 138 Å². The van der Waals surface area contributed by atoms with E-state index in [0.29, 0.717) is 16.9 Å². The van der Waals surface area contributed by atoms with Gasteiger partial charge in [-0.15, -0.1) is 0 Å². The molecule has 1 aliphatic carbocycles. The van der Waals surface area contributed by atoms with Gasteiger partial charge in [0, 0.05) is 23.3 Å². The van der Waals surface area contributed by atoms with E-state index in [0.717, 1.165) is 0 Å². The Bertz CT molecular complexity index is 782. The molecule has 1 aromatic carbocycles. The topological polar surface area (TPSA) is 47.2 Å². The highest BCUT2D eigenvalue weighted by atomic mass is 35.5. The molecule has 1 aromatic heterocycles. The minimum Gasteiger partial charge on any atom is -1.00 e. The first-order chi connectivity index (χ1) is 10.1. The molecule has 2 aromatic rings. The molecular formula is C16H11Cl2NO3. The summed E-state index contributed by atoms with van der Waals surface area (Å²) >= 11 is 6.12. The molecule has 0 amide bonds. The fraction of sp³-hybridized carbons (Fsp3) is 0.0625. The number of Topliss-reactive ketones (excluding diaryl/α,β-unsaturated/α-hetero) is 2. The standard InChI is InChI=1S/C16H11ClNO3.ClH/c1-21-10-6-8-18(9-7-10)14-13(17)15(19)11-4-2-3-5-12(11)16(14)20;/h2-9H,1H3;1H/q+1;/p-1. The molecule has 0 saturated carbocycles. The third-order valence-electron chi connectivity index (χ3n) is 3.33. The van der Waals surface area contributed by atoms with Crippen LogP contribution in [-0.2, 0) is 0 Å². The number of hydrogen-bond acceptors (Lipinski definition) is 3. The molecule has 22 heavy (non-hydrogen) atoms. The van der Waals surface area contributed by atoms with Gasteiger partial charge in [-0.05, 0) is 0 Å². The van der Waals surface area contributed by atoms with Crippen molar-refractivity contribution in [2.24, 2.45) is 0 Å². The molecule has 0 aliphatic heterocycles. The Morgan fingerprint density at radius 2 is 1.50 bits per heavy atom. The average molecular weight is 336 g/mol. The molecule has 112 valence electrons. The second-order valence-electron chi connectivity index (χ2n) is 4.51. The van der Waals surface area contributed by atoms with Crippen molar-refractivity contribution in [1.29, 1.82) is 0 Å². The number of pyridine rings is 1. The van der Waals surface area contributed by atoms with E-state index in [1.165, 1.54) is 4.57 Å². The van der Waals surface area contributed by atoms with Crippen molar-refractivity contribution < 1.29 is 31.3 Å². The predicted molar refractivity (Wildman–Crippen MR) is 77.4 cm³/mol. The summed E-state index contributed by atoms with van der Waals surface area (Å²) in [6.45, 7) is 0. The molecule has 4 nitrogen and oxygen atoms in total. The van der Waals surface area contributed by atoms with Crippen molar-refractivity contribution in [3.05, 3.63) is 65.0 Å². The molecule has 0 fully saturated rings. The SMILES string of the molecule is COc1cc[n+](C2=C(Cl)C(=O)c3ccccc3C2=O)cc1.[Cl-]. The van der Waals surface area contributed by atoms with Gasteiger partial charge in [0.25, 0.3) is 11.5 Å². The normalized spacial score (nSPS) is 13.5. The summed E-state index contributed by atoms with van der Waals surface area (Å²) in [7, 11) is 1.55. The van der Waals surface area contributed by atoms with Crippen LogP contribution in [0.15, 0.2) is 53.8 Å². The maximum Gasteiger partial charge on any atom is 0.281 e. The van der Waals surface area contributed by atoms with E-state index in [2.05, 4.69) is 0 Å². The monoisotopic (exact) mass is 335 g/mol. The van der Waals surface area contributed by atoms with Crippen LogP contribution < -0.4 is 21.7 Å². The van der Waals surface area contributed by atoms with Gasteiger partial charge in [0.1, 0.15) is 5.75 Å². The van der Waals surface area contributed by atoms with Gasteiger partial charge < -0.3 is 17.1 Å². The van der Waals surface area contributed by atoms with Crippen LogP contribution in [0.4, 0.5) is 0 Å². The number of allylic oxidation sites excluding steroid dienone is 2. The molecule has 3 rings (SSSR count). The average Bonchev–Trinajstić information content (AvgIpc) is 2.53. The van der Waals surface area contributed by atoms with Crippen LogP contribution in [0.2, 0.25) is 0 Å². The molecule has 1 aliphatic rings. The lowest BCUT2D eigenvalue weighted by atomic mass is 9.92. The predicted octanol–water partition coefficient (Wildman–Crippen LogP) is -0.527. The smallest absolute Gasteiger partial charge is 0.281 e. The van der Waals surface area contributed by atoms with Crippen LogP contribution in [0.5, 0.6) is 5.75 Å². The molecule has 0 atom stereocenters. The Balaban J connectivity index is 0.00000176. The molecule has 6 heteroatoms. The second kappa shape index (κ2) is 6.30. The number of halogens is 2. The minimum atomic E-state index is -0.342. The Hall–Kier alpha value is -2.17. The van der Waals surface area contributed by atoms with E-state index in [9.17, 15) is 9.59 Å². The Kier molecular flexibility index (Phi) is 4.64. The molecule has 0 N–H and O–H groups in total. The fourth-order valence-corrected chi connectivity index (χ4v) is 2.55. The van der Waals surface area contributed by atoms with Gasteiger partial charge in [-0.3, -0.25) is 9.59 Å². The lowest BCUT2D eigenvalue weighted by Gasteiger charge is -2.13. The minimum absolute atomic E-state index is 0. The van der Waals surface area contributed by atoms with Crippen molar-refractivity contribution in [1.82, 2.24) is 0 Å². The van der Waals surface area contributed by atoms with Crippen LogP contribution in [0.25, 0.3) is 5.70 Å². The van der Waals surface area contributed by atoms with E-state index < -0.39 is 0 Å². The molecular weight excluding hydrogens is 325 g/mol. The fourth-order valence-electron chi connectivity index (χ4n) is 2.26. The lowest BCUT2D eigenvalue weighted by molar-refractivity contribution is -0.577. The summed E-state index contributed by atoms with van der Waals surface area (Å²) in [5.41, 5.74) is 0.860. The zero-order chi connectivity index (χ0) is 15.0. The van der Waals surface area contributed by atoms with E-state index in [1.807, 2.05) is 0 Å². The molecule has 0 saturated heterocycles. The van der Waals surface area contributed by atoms with Crippen molar-refractivity contribution in [2.75, 3.05) is 7.11 Å². The van der Waals surface area contributed by atoms with E-state index in [1.54, 1.807) is 55.9 Å². The van der Waals surface area contributed by atoms with Gasteiger partial charge in [-0.25, -0.2) is 0 Å². The number of aromatic nitrogens is 1. The second-order valence-corrected chi connectivity index (χ2v) is 4.89. The number of nitrogens with zero attached hydrogens (tertiary/aromatic N) is 1. The summed E-state index contributed by atoms with van der Waals surface area (Å²) in [5.74, 6) is 0.0357. The summed E-state index contributed by atoms with van der Waals surface area (Å²) in [5, 5.41) is -0.0751. The summed E-state index contributed by atoms with van der Waals surface area (Å²) < 4.78 is 6.60. The molecule has 0 radical (unpaired) electrons. The van der Waals surface area contributed by atoms with Crippen molar-refractivity contribution >= 4 is 28.9 Å². The number of ketones is 2. The van der Waals surface area contributed by atoms with Gasteiger partial charge in [-0.2, -0.15) is 4.57 Å². The number of hydrogen-bond donors (Lipinski definition) is 0. The summed E-state index contributed by atoms with van der Waals surface area (Å²) in [6, 6.07) is 10.0. The number of benzene rings is 1. The third kappa shape index (κ3) is 2.51. The van der Waals surface area contributed by atoms with Crippen molar-refractivity contribution in [2.45, 2.75) is 0 Å². The van der Waals surface area contributed by atoms with E-state index in [4.69, 9.17) is 16.3 Å². The van der Waals surface area contributed by atoms with Crippen molar-refractivity contribution in [3.63, 3.8) is 0 Å². The van der Waals surface area contributed by atoms with Crippen LogP contribution in [0, 0.1) is 0 Å². The highest BCUT2D eigenvalue weighted by Crippen LogP contribution is 2.28. The van der Waals surface area contributed by atoms with Gasteiger partial charge in [0.05, 0.1) is 7.11 Å². The van der Waals surface area contributed by atoms with Crippen molar-refractivity contribution in [3.8, 4) is 5.75 Å². The van der Waals surface area contributed by atoms with Crippen LogP contribution in [0.1, 0.15) is 20.7 Å². The van der Waals surface area contributed by atoms with Crippen LogP contribution >= 0.6 is 11.6 Å². The number of ether oxygens (including phenoxy) is 1. The van der Waals surface area contributed by atoms with E-state index in [-0.39, 0.29) is 34.7 Å². The largest absolute Gasteiger partial charge is 1.00 e. The van der Waals surface area contributed by atoms with Gasteiger partial charge >= 0.3 is 0 Å². The number of carbonyl (C=O) groups is 2. The number of methoxy groups -OCH3 is 1. The first kappa shape index (κ1) is 16.2. The number of fused-ring (bicyclic) bond motifs is 1. The summed E-state index contributed by atoms with van der Waals surface area (Å²) in [6.07, 6.45) is 3.27. The number of rotatable bonds is 2. The van der Waals surface area contributed by atoms with E-state index >= 15 is 0 Å². The molecule has 0 bridgehead atoms. The zero-order valence-electron chi connectivity index (χ0n) is 11.5. The first-order valence-electron chi connectivity index (χ1n) is 6.27. The van der Waals surface area contributed by atoms with Gasteiger partial charge in [-0.1, -0.05) is 35.9 Å². The Morgan fingerprint density at radius 1 is 0.955 bits per heavy atom. The zero-order valence-corrected chi connectivity index (χ0v) is 13.1. The lowest BCUT2D eigenvalue weighted by Crippen LogP contribution is -3.00. The quantitative estimate of drug-likeness (QED) is 0.693. The highest BCUT2D eigenvalue weighted by molar-refractivity contribution is 6.54. The maximum absolute atomic E-state index is 12.6. The summed E-state index contributed by atoms with van der Waals surface area (Å²) in [4.78, 5) is 24.9. The third-order valence-corrected chi connectivity index (χ3v) is 3.68. The molecule has 0 unspecified atom stereocenters. The highest BCUT2D eigenvalue weighted by Gasteiger charge is 2.37. The molecule has 1 heterocycles. The molecule has 0 spiro atoms. The van der Waals surface area contributed by atoms with Gasteiger partial charge in [0.2, 0.25) is 5.78 Å².